The Morgan fingerprint density at radius 3 is 2.95 bits per heavy atom. The van der Waals surface area contributed by atoms with Crippen molar-refractivity contribution in [2.45, 2.75) is 45.6 Å². The van der Waals surface area contributed by atoms with Crippen molar-refractivity contribution >= 4 is 17.4 Å². The molecule has 2 rings (SSSR count). The highest BCUT2D eigenvalue weighted by Gasteiger charge is 2.20. The normalized spacial score (nSPS) is 20.4. The smallest absolute Gasteiger partial charge is 0.140 e. The lowest BCUT2D eigenvalue weighted by molar-refractivity contribution is 0.281. The summed E-state index contributed by atoms with van der Waals surface area (Å²) in [5, 5.41) is 9.81. The SMILES string of the molecule is CCCC1CCCN(c2ncnc(Cl)c2CO)CC1. The van der Waals surface area contributed by atoms with Gasteiger partial charge in [-0.3, -0.25) is 0 Å². The lowest BCUT2D eigenvalue weighted by Crippen LogP contribution is -2.26. The first-order valence-corrected chi connectivity index (χ1v) is 7.49. The van der Waals surface area contributed by atoms with Crippen LogP contribution in [0, 0.1) is 5.92 Å². The van der Waals surface area contributed by atoms with Gasteiger partial charge in [0, 0.05) is 13.1 Å². The molecular formula is C14H22ClN3O. The van der Waals surface area contributed by atoms with Gasteiger partial charge in [0.2, 0.25) is 0 Å². The van der Waals surface area contributed by atoms with E-state index in [-0.39, 0.29) is 6.61 Å². The summed E-state index contributed by atoms with van der Waals surface area (Å²) in [5.74, 6) is 1.63. The highest BCUT2D eigenvalue weighted by atomic mass is 35.5. The Labute approximate surface area is 119 Å². The Kier molecular flexibility index (Phi) is 5.40. The van der Waals surface area contributed by atoms with Crippen molar-refractivity contribution in [1.82, 2.24) is 9.97 Å². The molecule has 19 heavy (non-hydrogen) atoms. The highest BCUT2D eigenvalue weighted by Crippen LogP contribution is 2.28. The second kappa shape index (κ2) is 7.06. The van der Waals surface area contributed by atoms with Crippen molar-refractivity contribution in [2.24, 2.45) is 5.92 Å². The number of halogens is 1. The molecule has 0 saturated carbocycles. The van der Waals surface area contributed by atoms with Crippen LogP contribution in [0.4, 0.5) is 5.82 Å². The Balaban J connectivity index is 2.12. The van der Waals surface area contributed by atoms with Gasteiger partial charge in [-0.2, -0.15) is 0 Å². The zero-order valence-electron chi connectivity index (χ0n) is 11.5. The third-order valence-electron chi connectivity index (χ3n) is 3.87. The first-order chi connectivity index (χ1) is 9.26. The summed E-state index contributed by atoms with van der Waals surface area (Å²) in [7, 11) is 0. The third-order valence-corrected chi connectivity index (χ3v) is 4.20. The predicted molar refractivity (Wildman–Crippen MR) is 77.4 cm³/mol. The second-order valence-corrected chi connectivity index (χ2v) is 5.56. The van der Waals surface area contributed by atoms with Crippen LogP contribution >= 0.6 is 11.6 Å². The summed E-state index contributed by atoms with van der Waals surface area (Å²) in [6, 6.07) is 0. The number of nitrogens with zero attached hydrogens (tertiary/aromatic N) is 3. The fraction of sp³-hybridized carbons (Fsp3) is 0.714. The molecule has 0 spiro atoms. The standard InChI is InChI=1S/C14H22ClN3O/c1-2-4-11-5-3-7-18(8-6-11)14-12(9-19)13(15)16-10-17-14/h10-11,19H,2-9H2,1H3. The van der Waals surface area contributed by atoms with Gasteiger partial charge in [-0.05, 0) is 25.2 Å². The van der Waals surface area contributed by atoms with Gasteiger partial charge in [-0.1, -0.05) is 31.4 Å². The molecule has 2 heterocycles. The fourth-order valence-electron chi connectivity index (χ4n) is 2.86. The number of anilines is 1. The van der Waals surface area contributed by atoms with Crippen molar-refractivity contribution in [2.75, 3.05) is 18.0 Å². The number of rotatable bonds is 4. The molecule has 1 atom stereocenters. The molecule has 1 saturated heterocycles. The largest absolute Gasteiger partial charge is 0.391 e. The van der Waals surface area contributed by atoms with Crippen molar-refractivity contribution in [1.29, 1.82) is 0 Å². The van der Waals surface area contributed by atoms with Crippen LogP contribution in [0.5, 0.6) is 0 Å². The van der Waals surface area contributed by atoms with E-state index >= 15 is 0 Å². The summed E-state index contributed by atoms with van der Waals surface area (Å²) >= 11 is 6.03. The molecule has 106 valence electrons. The molecule has 1 aromatic heterocycles. The van der Waals surface area contributed by atoms with Gasteiger partial charge in [0.05, 0.1) is 12.2 Å². The van der Waals surface area contributed by atoms with E-state index < -0.39 is 0 Å². The Morgan fingerprint density at radius 2 is 2.21 bits per heavy atom. The van der Waals surface area contributed by atoms with Gasteiger partial charge in [0.15, 0.2) is 0 Å². The summed E-state index contributed by atoms with van der Waals surface area (Å²) in [6.45, 7) is 4.12. The summed E-state index contributed by atoms with van der Waals surface area (Å²) < 4.78 is 0. The van der Waals surface area contributed by atoms with Crippen LogP contribution in [0.2, 0.25) is 5.15 Å². The van der Waals surface area contributed by atoms with Crippen molar-refractivity contribution in [3.05, 3.63) is 17.0 Å². The van der Waals surface area contributed by atoms with Crippen LogP contribution in [0.1, 0.15) is 44.6 Å². The van der Waals surface area contributed by atoms with E-state index in [0.717, 1.165) is 24.8 Å². The van der Waals surface area contributed by atoms with E-state index in [1.54, 1.807) is 0 Å². The van der Waals surface area contributed by atoms with Gasteiger partial charge >= 0.3 is 0 Å². The molecule has 1 N–H and O–H groups in total. The molecule has 1 aliphatic rings. The average molecular weight is 284 g/mol. The molecule has 0 aromatic carbocycles. The molecule has 1 unspecified atom stereocenters. The number of aliphatic hydroxyl groups is 1. The summed E-state index contributed by atoms with van der Waals surface area (Å²) in [5.41, 5.74) is 0.651. The van der Waals surface area contributed by atoms with Crippen LogP contribution in [0.3, 0.4) is 0 Å². The molecular weight excluding hydrogens is 262 g/mol. The number of hydrogen-bond acceptors (Lipinski definition) is 4. The summed E-state index contributed by atoms with van der Waals surface area (Å²) in [4.78, 5) is 10.5. The minimum absolute atomic E-state index is 0.107. The van der Waals surface area contributed by atoms with Crippen LogP contribution in [0.15, 0.2) is 6.33 Å². The van der Waals surface area contributed by atoms with Crippen LogP contribution < -0.4 is 4.90 Å². The van der Waals surface area contributed by atoms with Gasteiger partial charge in [-0.25, -0.2) is 9.97 Å². The Bertz CT molecular complexity index is 414. The van der Waals surface area contributed by atoms with Crippen LogP contribution in [-0.4, -0.2) is 28.2 Å². The monoisotopic (exact) mass is 283 g/mol. The van der Waals surface area contributed by atoms with Crippen LogP contribution in [0.25, 0.3) is 0 Å². The first-order valence-electron chi connectivity index (χ1n) is 7.11. The van der Waals surface area contributed by atoms with E-state index in [0.29, 0.717) is 10.7 Å². The van der Waals surface area contributed by atoms with E-state index in [9.17, 15) is 5.11 Å². The quantitative estimate of drug-likeness (QED) is 0.863. The lowest BCUT2D eigenvalue weighted by Gasteiger charge is -2.23. The number of hydrogen-bond donors (Lipinski definition) is 1. The molecule has 0 radical (unpaired) electrons. The zero-order valence-corrected chi connectivity index (χ0v) is 12.2. The van der Waals surface area contributed by atoms with E-state index in [4.69, 9.17) is 11.6 Å². The molecule has 0 amide bonds. The molecule has 1 aromatic rings. The Morgan fingerprint density at radius 1 is 1.37 bits per heavy atom. The maximum Gasteiger partial charge on any atom is 0.140 e. The van der Waals surface area contributed by atoms with Crippen LogP contribution in [-0.2, 0) is 6.61 Å². The fourth-order valence-corrected chi connectivity index (χ4v) is 3.05. The van der Waals surface area contributed by atoms with Gasteiger partial charge in [0.25, 0.3) is 0 Å². The predicted octanol–water partition coefficient (Wildman–Crippen LogP) is 3.03. The second-order valence-electron chi connectivity index (χ2n) is 5.20. The lowest BCUT2D eigenvalue weighted by atomic mass is 9.96. The molecule has 0 aliphatic carbocycles. The number of aromatic nitrogens is 2. The topological polar surface area (TPSA) is 49.2 Å². The minimum atomic E-state index is -0.107. The molecule has 5 heteroatoms. The van der Waals surface area contributed by atoms with E-state index in [2.05, 4.69) is 21.8 Å². The number of aliphatic hydroxyl groups excluding tert-OH is 1. The van der Waals surface area contributed by atoms with Crippen molar-refractivity contribution < 1.29 is 5.11 Å². The average Bonchev–Trinajstić information content (AvgIpc) is 2.64. The molecule has 1 fully saturated rings. The zero-order chi connectivity index (χ0) is 13.7. The maximum atomic E-state index is 9.45. The van der Waals surface area contributed by atoms with Crippen molar-refractivity contribution in [3.63, 3.8) is 0 Å². The summed E-state index contributed by atoms with van der Waals surface area (Å²) in [6.07, 6.45) is 7.71. The Hall–Kier alpha value is -0.870. The first kappa shape index (κ1) is 14.5. The van der Waals surface area contributed by atoms with Gasteiger partial charge in [0.1, 0.15) is 17.3 Å². The molecule has 1 aliphatic heterocycles. The molecule has 4 nitrogen and oxygen atoms in total. The van der Waals surface area contributed by atoms with E-state index in [1.807, 2.05) is 0 Å². The highest BCUT2D eigenvalue weighted by molar-refractivity contribution is 6.30. The minimum Gasteiger partial charge on any atom is -0.391 e. The van der Waals surface area contributed by atoms with E-state index in [1.165, 1.54) is 38.4 Å². The van der Waals surface area contributed by atoms with Gasteiger partial charge in [-0.15, -0.1) is 0 Å². The van der Waals surface area contributed by atoms with Crippen molar-refractivity contribution in [3.8, 4) is 0 Å². The third kappa shape index (κ3) is 3.57. The maximum absolute atomic E-state index is 9.45. The van der Waals surface area contributed by atoms with Gasteiger partial charge < -0.3 is 10.0 Å². The molecule has 0 bridgehead atoms.